The number of anilines is 1. The van der Waals surface area contributed by atoms with Crippen molar-refractivity contribution in [1.29, 1.82) is 0 Å². The maximum absolute atomic E-state index is 12.2. The van der Waals surface area contributed by atoms with Gasteiger partial charge in [0, 0.05) is 4.88 Å². The fourth-order valence-electron chi connectivity index (χ4n) is 2.21. The quantitative estimate of drug-likeness (QED) is 0.879. The third-order valence-electron chi connectivity index (χ3n) is 3.45. The van der Waals surface area contributed by atoms with Gasteiger partial charge in [0.05, 0.1) is 16.8 Å². The third-order valence-corrected chi connectivity index (χ3v) is 4.44. The highest BCUT2D eigenvalue weighted by atomic mass is 32.1. The monoisotopic (exact) mass is 315 g/mol. The molecule has 7 heteroatoms. The van der Waals surface area contributed by atoms with Crippen LogP contribution in [0.1, 0.15) is 31.3 Å². The summed E-state index contributed by atoms with van der Waals surface area (Å²) < 4.78 is 0. The zero-order valence-electron chi connectivity index (χ0n) is 12.0. The Morgan fingerprint density at radius 3 is 2.27 bits per heavy atom. The van der Waals surface area contributed by atoms with Gasteiger partial charge in [0.1, 0.15) is 6.54 Å². The second kappa shape index (κ2) is 5.34. The van der Waals surface area contributed by atoms with Crippen molar-refractivity contribution in [1.82, 2.24) is 9.88 Å². The van der Waals surface area contributed by atoms with Crippen LogP contribution in [0.3, 0.4) is 0 Å². The summed E-state index contributed by atoms with van der Waals surface area (Å²) in [5.41, 5.74) is 1.52. The largest absolute Gasteiger partial charge is 0.300 e. The van der Waals surface area contributed by atoms with Crippen molar-refractivity contribution in [2.75, 3.05) is 11.9 Å². The lowest BCUT2D eigenvalue weighted by Gasteiger charge is -2.12. The third kappa shape index (κ3) is 2.39. The highest BCUT2D eigenvalue weighted by Gasteiger charge is 2.36. The molecule has 112 valence electrons. The second-order valence-electron chi connectivity index (χ2n) is 4.95. The first-order valence-corrected chi connectivity index (χ1v) is 7.48. The van der Waals surface area contributed by atoms with E-state index in [9.17, 15) is 14.4 Å². The average molecular weight is 315 g/mol. The van der Waals surface area contributed by atoms with E-state index < -0.39 is 17.7 Å². The number of hydrogen-bond donors (Lipinski definition) is 1. The van der Waals surface area contributed by atoms with Crippen molar-refractivity contribution in [2.24, 2.45) is 0 Å². The van der Waals surface area contributed by atoms with E-state index in [1.165, 1.54) is 11.3 Å². The molecule has 0 saturated carbocycles. The van der Waals surface area contributed by atoms with Crippen molar-refractivity contribution in [3.63, 3.8) is 0 Å². The van der Waals surface area contributed by atoms with E-state index in [2.05, 4.69) is 10.3 Å². The van der Waals surface area contributed by atoms with Crippen LogP contribution in [0.25, 0.3) is 0 Å². The van der Waals surface area contributed by atoms with Gasteiger partial charge in [0.2, 0.25) is 5.91 Å². The molecule has 1 aromatic carbocycles. The molecular formula is C15H13N3O3S. The van der Waals surface area contributed by atoms with Crippen LogP contribution >= 0.6 is 11.3 Å². The van der Waals surface area contributed by atoms with Crippen molar-refractivity contribution < 1.29 is 14.4 Å². The first-order chi connectivity index (χ1) is 10.5. The van der Waals surface area contributed by atoms with Crippen molar-refractivity contribution in [2.45, 2.75) is 13.8 Å². The molecular weight excluding hydrogens is 302 g/mol. The number of aromatic nitrogens is 1. The minimum atomic E-state index is -0.442. The Kier molecular flexibility index (Phi) is 3.50. The minimum Gasteiger partial charge on any atom is -0.300 e. The van der Waals surface area contributed by atoms with Crippen LogP contribution in [0.5, 0.6) is 0 Å². The van der Waals surface area contributed by atoms with Crippen molar-refractivity contribution in [3.8, 4) is 0 Å². The second-order valence-corrected chi connectivity index (χ2v) is 6.15. The molecule has 0 fully saturated rings. The van der Waals surface area contributed by atoms with Gasteiger partial charge in [-0.3, -0.25) is 19.3 Å². The topological polar surface area (TPSA) is 79.4 Å². The molecule has 3 amide bonds. The number of hydrogen-bond acceptors (Lipinski definition) is 5. The molecule has 1 aromatic heterocycles. The molecule has 0 unspecified atom stereocenters. The van der Waals surface area contributed by atoms with E-state index in [4.69, 9.17) is 0 Å². The lowest BCUT2D eigenvalue weighted by Crippen LogP contribution is -2.37. The number of benzene rings is 1. The van der Waals surface area contributed by atoms with Gasteiger partial charge in [-0.05, 0) is 26.0 Å². The number of nitrogens with one attached hydrogen (secondary N) is 1. The van der Waals surface area contributed by atoms with Crippen molar-refractivity contribution >= 4 is 34.2 Å². The van der Waals surface area contributed by atoms with Gasteiger partial charge in [-0.15, -0.1) is 11.3 Å². The van der Waals surface area contributed by atoms with Gasteiger partial charge in [0.25, 0.3) is 11.8 Å². The van der Waals surface area contributed by atoms with Crippen LogP contribution in [0.15, 0.2) is 24.3 Å². The number of imide groups is 1. The predicted molar refractivity (Wildman–Crippen MR) is 82.0 cm³/mol. The fraction of sp³-hybridized carbons (Fsp3) is 0.200. The first kappa shape index (κ1) is 14.4. The highest BCUT2D eigenvalue weighted by molar-refractivity contribution is 7.15. The standard InChI is InChI=1S/C15H13N3O3S/c1-8-9(2)22-15(16-8)17-12(19)7-18-13(20)10-5-3-4-6-11(10)14(18)21/h3-6H,7H2,1-2H3,(H,16,17,19). The summed E-state index contributed by atoms with van der Waals surface area (Å²) in [6.07, 6.45) is 0. The van der Waals surface area contributed by atoms with Crippen LogP contribution in [-0.4, -0.2) is 34.2 Å². The maximum atomic E-state index is 12.2. The summed E-state index contributed by atoms with van der Waals surface area (Å²) in [5.74, 6) is -1.33. The van der Waals surface area contributed by atoms with Crippen LogP contribution in [0.2, 0.25) is 0 Å². The molecule has 0 atom stereocenters. The number of thiazole rings is 1. The molecule has 1 aliphatic heterocycles. The SMILES string of the molecule is Cc1nc(NC(=O)CN2C(=O)c3ccccc3C2=O)sc1C. The predicted octanol–water partition coefficient (Wildman–Crippen LogP) is 1.99. The minimum absolute atomic E-state index is 0.315. The summed E-state index contributed by atoms with van der Waals surface area (Å²) in [5, 5.41) is 3.09. The Morgan fingerprint density at radius 1 is 1.18 bits per heavy atom. The van der Waals surface area contributed by atoms with Crippen LogP contribution < -0.4 is 5.32 Å². The molecule has 6 nitrogen and oxygen atoms in total. The van der Waals surface area contributed by atoms with Gasteiger partial charge >= 0.3 is 0 Å². The molecule has 0 spiro atoms. The van der Waals surface area contributed by atoms with Crippen LogP contribution in [0.4, 0.5) is 5.13 Å². The molecule has 2 heterocycles. The van der Waals surface area contributed by atoms with Gasteiger partial charge in [-0.2, -0.15) is 0 Å². The Balaban J connectivity index is 1.73. The number of carbonyl (C=O) groups is 3. The fourth-order valence-corrected chi connectivity index (χ4v) is 3.04. The number of aryl methyl sites for hydroxylation is 2. The summed E-state index contributed by atoms with van der Waals surface area (Å²) >= 11 is 1.36. The molecule has 2 aromatic rings. The zero-order valence-corrected chi connectivity index (χ0v) is 12.9. The smallest absolute Gasteiger partial charge is 0.262 e. The molecule has 0 radical (unpaired) electrons. The van der Waals surface area contributed by atoms with Crippen LogP contribution in [-0.2, 0) is 4.79 Å². The molecule has 0 saturated heterocycles. The Labute approximate surface area is 130 Å². The van der Waals surface area contributed by atoms with E-state index in [1.807, 2.05) is 13.8 Å². The number of carbonyl (C=O) groups excluding carboxylic acids is 3. The molecule has 1 N–H and O–H groups in total. The van der Waals surface area contributed by atoms with E-state index in [-0.39, 0.29) is 6.54 Å². The summed E-state index contributed by atoms with van der Waals surface area (Å²) in [6, 6.07) is 6.55. The van der Waals surface area contributed by atoms with Crippen molar-refractivity contribution in [3.05, 3.63) is 46.0 Å². The van der Waals surface area contributed by atoms with Gasteiger partial charge in [-0.1, -0.05) is 12.1 Å². The van der Waals surface area contributed by atoms with E-state index in [1.54, 1.807) is 24.3 Å². The number of rotatable bonds is 3. The van der Waals surface area contributed by atoms with Crippen LogP contribution in [0, 0.1) is 13.8 Å². The van der Waals surface area contributed by atoms with E-state index in [0.29, 0.717) is 16.3 Å². The normalized spacial score (nSPS) is 13.5. The number of fused-ring (bicyclic) bond motifs is 1. The average Bonchev–Trinajstić information content (AvgIpc) is 2.92. The summed E-state index contributed by atoms with van der Waals surface area (Å²) in [7, 11) is 0. The molecule has 0 aliphatic carbocycles. The summed E-state index contributed by atoms with van der Waals surface area (Å²) in [6.45, 7) is 3.45. The summed E-state index contributed by atoms with van der Waals surface area (Å²) in [4.78, 5) is 42.5. The Hall–Kier alpha value is -2.54. The lowest BCUT2D eigenvalue weighted by molar-refractivity contribution is -0.116. The Morgan fingerprint density at radius 2 is 1.77 bits per heavy atom. The van der Waals surface area contributed by atoms with E-state index in [0.717, 1.165) is 15.5 Å². The molecule has 3 rings (SSSR count). The zero-order chi connectivity index (χ0) is 15.9. The molecule has 0 bridgehead atoms. The number of amides is 3. The van der Waals surface area contributed by atoms with Gasteiger partial charge in [0.15, 0.2) is 5.13 Å². The van der Waals surface area contributed by atoms with Gasteiger partial charge in [-0.25, -0.2) is 4.98 Å². The molecule has 22 heavy (non-hydrogen) atoms. The molecule has 1 aliphatic rings. The van der Waals surface area contributed by atoms with Gasteiger partial charge < -0.3 is 5.32 Å². The van der Waals surface area contributed by atoms with E-state index >= 15 is 0 Å². The Bertz CT molecular complexity index is 743. The lowest BCUT2D eigenvalue weighted by atomic mass is 10.1. The first-order valence-electron chi connectivity index (χ1n) is 6.66. The highest BCUT2D eigenvalue weighted by Crippen LogP contribution is 2.23. The maximum Gasteiger partial charge on any atom is 0.262 e. The number of nitrogens with zero attached hydrogens (tertiary/aromatic N) is 2.